The van der Waals surface area contributed by atoms with Crippen LogP contribution in [-0.2, 0) is 0 Å². The van der Waals surface area contributed by atoms with Crippen molar-refractivity contribution in [3.63, 3.8) is 0 Å². The number of hydrogen-bond acceptors (Lipinski definition) is 2. The summed E-state index contributed by atoms with van der Waals surface area (Å²) in [6.45, 7) is 13.4. The molecule has 0 aromatic heterocycles. The molecule has 0 aliphatic heterocycles. The van der Waals surface area contributed by atoms with E-state index in [9.17, 15) is 0 Å². The van der Waals surface area contributed by atoms with Crippen molar-refractivity contribution in [2.45, 2.75) is 47.0 Å². The van der Waals surface area contributed by atoms with Crippen molar-refractivity contribution in [3.05, 3.63) is 0 Å². The predicted octanol–water partition coefficient (Wildman–Crippen LogP) is 2.48. The van der Waals surface area contributed by atoms with Crippen LogP contribution in [0.1, 0.15) is 47.0 Å². The average Bonchev–Trinajstić information content (AvgIpc) is 2.14. The van der Waals surface area contributed by atoms with E-state index in [0.717, 1.165) is 13.1 Å². The van der Waals surface area contributed by atoms with E-state index in [1.54, 1.807) is 0 Å². The molecule has 0 rings (SSSR count). The molecule has 0 aliphatic rings. The Morgan fingerprint density at radius 3 is 2.14 bits per heavy atom. The summed E-state index contributed by atoms with van der Waals surface area (Å²) < 4.78 is 0. The summed E-state index contributed by atoms with van der Waals surface area (Å²) in [7, 11) is 0. The Kier molecular flexibility index (Phi) is 7.20. The average molecular weight is 200 g/mol. The lowest BCUT2D eigenvalue weighted by atomic mass is 9.93. The van der Waals surface area contributed by atoms with Crippen LogP contribution in [0.15, 0.2) is 0 Å². The topological polar surface area (TPSA) is 29.3 Å². The van der Waals surface area contributed by atoms with Gasteiger partial charge in [-0.3, -0.25) is 0 Å². The molecule has 86 valence electrons. The molecule has 0 fully saturated rings. The van der Waals surface area contributed by atoms with Crippen LogP contribution in [0.25, 0.3) is 0 Å². The van der Waals surface area contributed by atoms with Crippen molar-refractivity contribution in [2.75, 3.05) is 26.2 Å². The maximum atomic E-state index is 5.75. The van der Waals surface area contributed by atoms with E-state index in [0.29, 0.717) is 0 Å². The highest BCUT2D eigenvalue weighted by Gasteiger charge is 2.19. The van der Waals surface area contributed by atoms with Crippen molar-refractivity contribution in [1.29, 1.82) is 0 Å². The van der Waals surface area contributed by atoms with Crippen LogP contribution in [0.5, 0.6) is 0 Å². The molecule has 0 spiro atoms. The van der Waals surface area contributed by atoms with Gasteiger partial charge in [0.25, 0.3) is 0 Å². The highest BCUT2D eigenvalue weighted by molar-refractivity contribution is 4.74. The standard InChI is InChI=1S/C12H28N2/c1-5-7-9-14(8-6-2)11-12(3,4)10-13/h5-11,13H2,1-4H3. The van der Waals surface area contributed by atoms with Gasteiger partial charge in [-0.15, -0.1) is 0 Å². The van der Waals surface area contributed by atoms with Crippen LogP contribution >= 0.6 is 0 Å². The lowest BCUT2D eigenvalue weighted by Crippen LogP contribution is -2.39. The van der Waals surface area contributed by atoms with Crippen LogP contribution in [0.2, 0.25) is 0 Å². The van der Waals surface area contributed by atoms with Crippen LogP contribution in [0.3, 0.4) is 0 Å². The second-order valence-electron chi connectivity index (χ2n) is 5.00. The third-order valence-corrected chi connectivity index (χ3v) is 2.57. The van der Waals surface area contributed by atoms with Crippen LogP contribution in [0.4, 0.5) is 0 Å². The maximum Gasteiger partial charge on any atom is 0.00447 e. The number of nitrogens with zero attached hydrogens (tertiary/aromatic N) is 1. The van der Waals surface area contributed by atoms with Gasteiger partial charge in [-0.25, -0.2) is 0 Å². The van der Waals surface area contributed by atoms with Gasteiger partial charge in [0.15, 0.2) is 0 Å². The normalized spacial score (nSPS) is 12.4. The molecule has 2 N–H and O–H groups in total. The number of hydrogen-bond donors (Lipinski definition) is 1. The second kappa shape index (κ2) is 7.24. The summed E-state index contributed by atoms with van der Waals surface area (Å²) in [6, 6.07) is 0. The van der Waals surface area contributed by atoms with E-state index in [4.69, 9.17) is 5.73 Å². The van der Waals surface area contributed by atoms with Crippen LogP contribution in [-0.4, -0.2) is 31.1 Å². The molecule has 0 aromatic carbocycles. The van der Waals surface area contributed by atoms with Gasteiger partial charge < -0.3 is 10.6 Å². The predicted molar refractivity (Wildman–Crippen MR) is 64.5 cm³/mol. The summed E-state index contributed by atoms with van der Waals surface area (Å²) in [5.41, 5.74) is 6.02. The molecule has 0 heterocycles. The lowest BCUT2D eigenvalue weighted by molar-refractivity contribution is 0.180. The number of unbranched alkanes of at least 4 members (excludes halogenated alkanes) is 1. The first-order valence-electron chi connectivity index (χ1n) is 5.98. The van der Waals surface area contributed by atoms with Crippen molar-refractivity contribution >= 4 is 0 Å². The first-order chi connectivity index (χ1) is 6.55. The quantitative estimate of drug-likeness (QED) is 0.652. The van der Waals surface area contributed by atoms with E-state index in [2.05, 4.69) is 32.6 Å². The van der Waals surface area contributed by atoms with Crippen LogP contribution < -0.4 is 5.73 Å². The molecule has 14 heavy (non-hydrogen) atoms. The zero-order valence-corrected chi connectivity index (χ0v) is 10.5. The molecule has 0 saturated heterocycles. The van der Waals surface area contributed by atoms with Gasteiger partial charge in [0.05, 0.1) is 0 Å². The summed E-state index contributed by atoms with van der Waals surface area (Å²) in [5, 5.41) is 0. The van der Waals surface area contributed by atoms with Crippen molar-refractivity contribution < 1.29 is 0 Å². The molecule has 0 aliphatic carbocycles. The van der Waals surface area contributed by atoms with Gasteiger partial charge in [-0.05, 0) is 37.9 Å². The molecule has 0 bridgehead atoms. The molecule has 0 unspecified atom stereocenters. The zero-order chi connectivity index (χ0) is 11.0. The first-order valence-corrected chi connectivity index (χ1v) is 5.98. The molecule has 2 heteroatoms. The molecular formula is C12H28N2. The molecule has 0 aromatic rings. The van der Waals surface area contributed by atoms with Gasteiger partial charge in [0.1, 0.15) is 0 Å². The summed E-state index contributed by atoms with van der Waals surface area (Å²) in [5.74, 6) is 0. The smallest absolute Gasteiger partial charge is 0.00447 e. The Hall–Kier alpha value is -0.0800. The van der Waals surface area contributed by atoms with E-state index in [1.807, 2.05) is 0 Å². The van der Waals surface area contributed by atoms with E-state index >= 15 is 0 Å². The zero-order valence-electron chi connectivity index (χ0n) is 10.5. The Morgan fingerprint density at radius 1 is 1.07 bits per heavy atom. The third-order valence-electron chi connectivity index (χ3n) is 2.57. The minimum atomic E-state index is 0.267. The molecule has 2 nitrogen and oxygen atoms in total. The van der Waals surface area contributed by atoms with Crippen molar-refractivity contribution in [2.24, 2.45) is 11.1 Å². The highest BCUT2D eigenvalue weighted by atomic mass is 15.1. The molecule has 0 atom stereocenters. The minimum absolute atomic E-state index is 0.267. The fraction of sp³-hybridized carbons (Fsp3) is 1.00. The fourth-order valence-corrected chi connectivity index (χ4v) is 1.64. The first kappa shape index (κ1) is 13.9. The van der Waals surface area contributed by atoms with Crippen LogP contribution in [0, 0.1) is 5.41 Å². The molecular weight excluding hydrogens is 172 g/mol. The second-order valence-corrected chi connectivity index (χ2v) is 5.00. The summed E-state index contributed by atoms with van der Waals surface area (Å²) in [4.78, 5) is 2.55. The highest BCUT2D eigenvalue weighted by Crippen LogP contribution is 2.15. The largest absolute Gasteiger partial charge is 0.330 e. The molecule has 0 radical (unpaired) electrons. The Labute approximate surface area is 89.9 Å². The maximum absolute atomic E-state index is 5.75. The summed E-state index contributed by atoms with van der Waals surface area (Å²) in [6.07, 6.45) is 3.83. The molecule has 0 amide bonds. The van der Waals surface area contributed by atoms with Gasteiger partial charge in [0, 0.05) is 6.54 Å². The Bertz CT molecular complexity index is 132. The SMILES string of the molecule is CCCCN(CCC)CC(C)(C)CN. The Morgan fingerprint density at radius 2 is 1.71 bits per heavy atom. The van der Waals surface area contributed by atoms with E-state index in [-0.39, 0.29) is 5.41 Å². The molecule has 0 saturated carbocycles. The summed E-state index contributed by atoms with van der Waals surface area (Å²) >= 11 is 0. The van der Waals surface area contributed by atoms with Gasteiger partial charge >= 0.3 is 0 Å². The van der Waals surface area contributed by atoms with E-state index < -0.39 is 0 Å². The number of nitrogens with two attached hydrogens (primary N) is 1. The van der Waals surface area contributed by atoms with E-state index in [1.165, 1.54) is 32.4 Å². The monoisotopic (exact) mass is 200 g/mol. The minimum Gasteiger partial charge on any atom is -0.330 e. The number of rotatable bonds is 8. The van der Waals surface area contributed by atoms with Gasteiger partial charge in [-0.1, -0.05) is 34.1 Å². The lowest BCUT2D eigenvalue weighted by Gasteiger charge is -2.31. The van der Waals surface area contributed by atoms with Gasteiger partial charge in [0.2, 0.25) is 0 Å². The Balaban J connectivity index is 3.94. The fourth-order valence-electron chi connectivity index (χ4n) is 1.64. The van der Waals surface area contributed by atoms with Crippen molar-refractivity contribution in [3.8, 4) is 0 Å². The van der Waals surface area contributed by atoms with Crippen molar-refractivity contribution in [1.82, 2.24) is 4.90 Å². The van der Waals surface area contributed by atoms with Gasteiger partial charge in [-0.2, -0.15) is 0 Å². The third kappa shape index (κ3) is 6.39.